The van der Waals surface area contributed by atoms with Gasteiger partial charge in [-0.2, -0.15) is 0 Å². The lowest BCUT2D eigenvalue weighted by Gasteiger charge is -2.21. The summed E-state index contributed by atoms with van der Waals surface area (Å²) >= 11 is 0. The zero-order chi connectivity index (χ0) is 16.0. The number of benzene rings is 1. The van der Waals surface area contributed by atoms with Crippen LogP contribution in [-0.4, -0.2) is 24.2 Å². The van der Waals surface area contributed by atoms with E-state index in [9.17, 15) is 0 Å². The molecule has 4 rings (SSSR count). The first kappa shape index (κ1) is 13.8. The van der Waals surface area contributed by atoms with E-state index < -0.39 is 0 Å². The summed E-state index contributed by atoms with van der Waals surface area (Å²) in [7, 11) is 3.23. The first-order valence-corrected chi connectivity index (χ1v) is 7.51. The number of hydrogen-bond acceptors (Lipinski definition) is 5. The van der Waals surface area contributed by atoms with Crippen LogP contribution >= 0.6 is 0 Å². The molecule has 5 heteroatoms. The number of nitrogens with zero attached hydrogens (tertiary/aromatic N) is 2. The highest BCUT2D eigenvalue weighted by molar-refractivity contribution is 5.97. The third kappa shape index (κ3) is 2.00. The zero-order valence-corrected chi connectivity index (χ0v) is 13.1. The number of hydrogen-bond donors (Lipinski definition) is 1. The summed E-state index contributed by atoms with van der Waals surface area (Å²) < 4.78 is 10.8. The Bertz CT molecular complexity index is 922. The van der Waals surface area contributed by atoms with Crippen molar-refractivity contribution in [2.24, 2.45) is 0 Å². The Kier molecular flexibility index (Phi) is 3.08. The largest absolute Gasteiger partial charge is 0.493 e. The van der Waals surface area contributed by atoms with E-state index in [1.54, 1.807) is 14.2 Å². The highest BCUT2D eigenvalue weighted by Gasteiger charge is 2.22. The summed E-state index contributed by atoms with van der Waals surface area (Å²) in [6.07, 6.45) is 3.55. The van der Waals surface area contributed by atoms with Crippen LogP contribution in [-0.2, 0) is 12.8 Å². The third-order valence-corrected chi connectivity index (χ3v) is 4.39. The van der Waals surface area contributed by atoms with Gasteiger partial charge in [0.05, 0.1) is 31.1 Å². The molecule has 5 nitrogen and oxygen atoms in total. The van der Waals surface area contributed by atoms with Gasteiger partial charge >= 0.3 is 0 Å². The molecule has 0 atom stereocenters. The van der Waals surface area contributed by atoms with Crippen molar-refractivity contribution < 1.29 is 9.47 Å². The number of ether oxygens (including phenoxy) is 2. The number of rotatable bonds is 2. The molecule has 1 aliphatic rings. The normalized spacial score (nSPS) is 12.6. The van der Waals surface area contributed by atoms with Crippen molar-refractivity contribution >= 4 is 16.6 Å². The summed E-state index contributed by atoms with van der Waals surface area (Å²) in [6, 6.07) is 7.76. The van der Waals surface area contributed by atoms with Crippen LogP contribution in [0.15, 0.2) is 30.5 Å². The van der Waals surface area contributed by atoms with Crippen LogP contribution in [0.5, 0.6) is 11.5 Å². The molecule has 0 fully saturated rings. The molecule has 3 aromatic rings. The molecule has 0 saturated carbocycles. The molecule has 23 heavy (non-hydrogen) atoms. The molecule has 0 spiro atoms. The fraction of sp³-hybridized carbons (Fsp3) is 0.222. The van der Waals surface area contributed by atoms with Gasteiger partial charge in [-0.05, 0) is 31.0 Å². The monoisotopic (exact) mass is 307 g/mol. The molecule has 0 saturated heterocycles. The standard InChI is InChI=1S/C18H17N3O2/c1-22-15-8-12-14(9-16(15)23-2)21-18-10-4-3-7-20-13(10)6-5-11(18)17(12)19/h3-4,7-9H,5-6H2,1-2H3,(H2,19,21). The first-order valence-electron chi connectivity index (χ1n) is 7.51. The van der Waals surface area contributed by atoms with Crippen LogP contribution in [0.4, 0.5) is 5.69 Å². The molecular formula is C18H17N3O2. The van der Waals surface area contributed by atoms with Crippen LogP contribution < -0.4 is 15.2 Å². The van der Waals surface area contributed by atoms with Crippen LogP contribution in [0.3, 0.4) is 0 Å². The van der Waals surface area contributed by atoms with E-state index in [0.717, 1.165) is 51.9 Å². The quantitative estimate of drug-likeness (QED) is 0.788. The van der Waals surface area contributed by atoms with Gasteiger partial charge in [0.25, 0.3) is 0 Å². The van der Waals surface area contributed by atoms with Gasteiger partial charge in [0.2, 0.25) is 0 Å². The molecule has 0 bridgehead atoms. The molecule has 0 radical (unpaired) electrons. The van der Waals surface area contributed by atoms with Crippen molar-refractivity contribution in [2.45, 2.75) is 12.8 Å². The molecule has 0 unspecified atom stereocenters. The number of aryl methyl sites for hydroxylation is 1. The maximum atomic E-state index is 6.46. The number of nitrogens with two attached hydrogens (primary N) is 1. The van der Waals surface area contributed by atoms with Gasteiger partial charge in [0, 0.05) is 34.5 Å². The summed E-state index contributed by atoms with van der Waals surface area (Å²) in [5, 5.41) is 0.897. The average Bonchev–Trinajstić information content (AvgIpc) is 2.60. The Hall–Kier alpha value is -2.82. The summed E-state index contributed by atoms with van der Waals surface area (Å²) in [5.41, 5.74) is 12.2. The Morgan fingerprint density at radius 2 is 1.87 bits per heavy atom. The van der Waals surface area contributed by atoms with Crippen molar-refractivity contribution in [2.75, 3.05) is 20.0 Å². The van der Waals surface area contributed by atoms with E-state index >= 15 is 0 Å². The molecule has 1 aromatic carbocycles. The van der Waals surface area contributed by atoms with E-state index in [2.05, 4.69) is 11.1 Å². The predicted octanol–water partition coefficient (Wildman–Crippen LogP) is 2.99. The van der Waals surface area contributed by atoms with Gasteiger partial charge < -0.3 is 15.2 Å². The van der Waals surface area contributed by atoms with Gasteiger partial charge in [-0.1, -0.05) is 0 Å². The Balaban J connectivity index is 2.05. The fourth-order valence-electron chi connectivity index (χ4n) is 3.23. The summed E-state index contributed by atoms with van der Waals surface area (Å²) in [4.78, 5) is 9.31. The average molecular weight is 307 g/mol. The first-order chi connectivity index (χ1) is 11.2. The van der Waals surface area contributed by atoms with Gasteiger partial charge in [0.1, 0.15) is 0 Å². The maximum absolute atomic E-state index is 6.46. The van der Waals surface area contributed by atoms with E-state index in [1.165, 1.54) is 0 Å². The molecule has 0 aliphatic heterocycles. The second-order valence-electron chi connectivity index (χ2n) is 5.57. The van der Waals surface area contributed by atoms with E-state index in [1.807, 2.05) is 24.4 Å². The van der Waals surface area contributed by atoms with Crippen LogP contribution in [0.2, 0.25) is 0 Å². The third-order valence-electron chi connectivity index (χ3n) is 4.39. The second-order valence-corrected chi connectivity index (χ2v) is 5.57. The minimum Gasteiger partial charge on any atom is -0.493 e. The van der Waals surface area contributed by atoms with E-state index in [4.69, 9.17) is 20.2 Å². The number of anilines is 1. The lowest BCUT2D eigenvalue weighted by atomic mass is 9.90. The molecule has 116 valence electrons. The second kappa shape index (κ2) is 5.12. The number of methoxy groups -OCH3 is 2. The fourth-order valence-corrected chi connectivity index (χ4v) is 3.23. The summed E-state index contributed by atoms with van der Waals surface area (Å²) in [6.45, 7) is 0. The van der Waals surface area contributed by atoms with Crippen molar-refractivity contribution in [3.05, 3.63) is 41.7 Å². The van der Waals surface area contributed by atoms with E-state index in [0.29, 0.717) is 11.5 Å². The Morgan fingerprint density at radius 1 is 1.09 bits per heavy atom. The smallest absolute Gasteiger partial charge is 0.162 e. The summed E-state index contributed by atoms with van der Waals surface area (Å²) in [5.74, 6) is 1.31. The Morgan fingerprint density at radius 3 is 2.65 bits per heavy atom. The van der Waals surface area contributed by atoms with Gasteiger partial charge in [-0.15, -0.1) is 0 Å². The van der Waals surface area contributed by atoms with Crippen molar-refractivity contribution in [1.29, 1.82) is 0 Å². The van der Waals surface area contributed by atoms with Crippen molar-refractivity contribution in [3.8, 4) is 22.8 Å². The van der Waals surface area contributed by atoms with Gasteiger partial charge in [-0.3, -0.25) is 4.98 Å². The van der Waals surface area contributed by atoms with Crippen molar-refractivity contribution in [1.82, 2.24) is 9.97 Å². The number of pyridine rings is 2. The van der Waals surface area contributed by atoms with E-state index in [-0.39, 0.29) is 0 Å². The van der Waals surface area contributed by atoms with Crippen molar-refractivity contribution in [3.63, 3.8) is 0 Å². The van der Waals surface area contributed by atoms with Gasteiger partial charge in [0.15, 0.2) is 11.5 Å². The number of fused-ring (bicyclic) bond motifs is 4. The van der Waals surface area contributed by atoms with Gasteiger partial charge in [-0.25, -0.2) is 4.98 Å². The lowest BCUT2D eigenvalue weighted by molar-refractivity contribution is 0.356. The minimum atomic E-state index is 0.647. The molecule has 0 amide bonds. The Labute approximate surface area is 134 Å². The SMILES string of the molecule is COc1cc2nc3c(c(N)c2cc1OC)CCc1ncccc1-3. The number of nitrogen functional groups attached to an aromatic ring is 1. The van der Waals surface area contributed by atoms with Crippen LogP contribution in [0.1, 0.15) is 11.3 Å². The highest BCUT2D eigenvalue weighted by atomic mass is 16.5. The molecular weight excluding hydrogens is 290 g/mol. The predicted molar refractivity (Wildman–Crippen MR) is 89.9 cm³/mol. The van der Waals surface area contributed by atoms with Crippen LogP contribution in [0.25, 0.3) is 22.2 Å². The minimum absolute atomic E-state index is 0.647. The van der Waals surface area contributed by atoms with Crippen LogP contribution in [0, 0.1) is 0 Å². The topological polar surface area (TPSA) is 70.3 Å². The molecule has 1 aliphatic carbocycles. The number of aromatic nitrogens is 2. The molecule has 2 heterocycles. The zero-order valence-electron chi connectivity index (χ0n) is 13.1. The maximum Gasteiger partial charge on any atom is 0.162 e. The molecule has 2 N–H and O–H groups in total. The lowest BCUT2D eigenvalue weighted by Crippen LogP contribution is -2.11. The molecule has 2 aromatic heterocycles. The highest BCUT2D eigenvalue weighted by Crippen LogP contribution is 2.40.